The van der Waals surface area contributed by atoms with Gasteiger partial charge in [0.05, 0.1) is 19.4 Å². The summed E-state index contributed by atoms with van der Waals surface area (Å²) in [6, 6.07) is 0. The molecule has 82 valence electrons. The van der Waals surface area contributed by atoms with Gasteiger partial charge in [0.1, 0.15) is 0 Å². The predicted molar refractivity (Wildman–Crippen MR) is 50.9 cm³/mol. The summed E-state index contributed by atoms with van der Waals surface area (Å²) in [5.74, 6) is -1.52. The van der Waals surface area contributed by atoms with E-state index in [0.29, 0.717) is 19.5 Å². The number of carbonyl (C=O) groups excluding carboxylic acids is 1. The number of esters is 1. The maximum absolute atomic E-state index is 10.8. The normalized spacial score (nSPS) is 12.6. The van der Waals surface area contributed by atoms with E-state index in [1.54, 1.807) is 18.9 Å². The van der Waals surface area contributed by atoms with Gasteiger partial charge in [0.25, 0.3) is 0 Å². The van der Waals surface area contributed by atoms with Crippen LogP contribution in [0.3, 0.4) is 0 Å². The second-order valence-corrected chi connectivity index (χ2v) is 3.33. The molecular formula is C9H17NO4. The summed E-state index contributed by atoms with van der Waals surface area (Å²) < 4.78 is 4.47. The van der Waals surface area contributed by atoms with Crippen LogP contribution in [0.1, 0.15) is 13.3 Å². The van der Waals surface area contributed by atoms with Gasteiger partial charge in [-0.2, -0.15) is 0 Å². The molecule has 0 spiro atoms. The highest BCUT2D eigenvalue weighted by molar-refractivity contribution is 5.70. The van der Waals surface area contributed by atoms with Crippen molar-refractivity contribution >= 4 is 11.9 Å². The fourth-order valence-electron chi connectivity index (χ4n) is 1.02. The van der Waals surface area contributed by atoms with Gasteiger partial charge in [-0.3, -0.25) is 9.59 Å². The number of hydrogen-bond acceptors (Lipinski definition) is 4. The number of carboxylic acid groups (broad SMARTS) is 1. The predicted octanol–water partition coefficient (Wildman–Crippen LogP) is 0.202. The molecule has 0 aliphatic rings. The standard InChI is InChI=1S/C9H17NO4/c1-7(9(12)13)6-10(2)5-4-8(11)14-3/h7H,4-6H2,1-3H3,(H,12,13). The summed E-state index contributed by atoms with van der Waals surface area (Å²) in [6.45, 7) is 2.59. The van der Waals surface area contributed by atoms with Gasteiger partial charge in [0.2, 0.25) is 0 Å². The van der Waals surface area contributed by atoms with E-state index in [4.69, 9.17) is 5.11 Å². The third-order valence-electron chi connectivity index (χ3n) is 1.93. The first-order chi connectivity index (χ1) is 6.47. The lowest BCUT2D eigenvalue weighted by molar-refractivity contribution is -0.141. The molecule has 0 amide bonds. The number of carbonyl (C=O) groups is 2. The number of nitrogens with zero attached hydrogens (tertiary/aromatic N) is 1. The minimum absolute atomic E-state index is 0.278. The van der Waals surface area contributed by atoms with Gasteiger partial charge >= 0.3 is 11.9 Å². The lowest BCUT2D eigenvalue weighted by Crippen LogP contribution is -2.30. The molecule has 0 aliphatic carbocycles. The summed E-state index contributed by atoms with van der Waals surface area (Å²) in [4.78, 5) is 23.1. The highest BCUT2D eigenvalue weighted by Gasteiger charge is 2.13. The van der Waals surface area contributed by atoms with E-state index in [1.165, 1.54) is 7.11 Å². The summed E-state index contributed by atoms with van der Waals surface area (Å²) >= 11 is 0. The van der Waals surface area contributed by atoms with Crippen molar-refractivity contribution in [3.8, 4) is 0 Å². The highest BCUT2D eigenvalue weighted by atomic mass is 16.5. The Morgan fingerprint density at radius 1 is 1.50 bits per heavy atom. The van der Waals surface area contributed by atoms with Gasteiger partial charge < -0.3 is 14.7 Å². The van der Waals surface area contributed by atoms with Gasteiger partial charge in [-0.25, -0.2) is 0 Å². The zero-order valence-electron chi connectivity index (χ0n) is 8.82. The highest BCUT2D eigenvalue weighted by Crippen LogP contribution is 1.99. The van der Waals surface area contributed by atoms with Crippen LogP contribution in [-0.4, -0.2) is 49.2 Å². The van der Waals surface area contributed by atoms with E-state index in [0.717, 1.165) is 0 Å². The maximum atomic E-state index is 10.8. The molecule has 0 fully saturated rings. The minimum atomic E-state index is -0.824. The molecule has 0 heterocycles. The van der Waals surface area contributed by atoms with Crippen molar-refractivity contribution in [1.29, 1.82) is 0 Å². The Balaban J connectivity index is 3.70. The van der Waals surface area contributed by atoms with Gasteiger partial charge in [0, 0.05) is 13.1 Å². The molecule has 0 saturated carbocycles. The van der Waals surface area contributed by atoms with Crippen LogP contribution >= 0.6 is 0 Å². The van der Waals surface area contributed by atoms with Crippen molar-refractivity contribution in [3.63, 3.8) is 0 Å². The second-order valence-electron chi connectivity index (χ2n) is 3.33. The van der Waals surface area contributed by atoms with Crippen LogP contribution in [0.2, 0.25) is 0 Å². The van der Waals surface area contributed by atoms with E-state index in [-0.39, 0.29) is 5.97 Å². The Kier molecular flexibility index (Phi) is 5.87. The molecule has 14 heavy (non-hydrogen) atoms. The van der Waals surface area contributed by atoms with Crippen molar-refractivity contribution in [3.05, 3.63) is 0 Å². The smallest absolute Gasteiger partial charge is 0.307 e. The molecule has 1 unspecified atom stereocenters. The zero-order valence-corrected chi connectivity index (χ0v) is 8.82. The lowest BCUT2D eigenvalue weighted by atomic mass is 10.2. The van der Waals surface area contributed by atoms with Crippen LogP contribution < -0.4 is 0 Å². The van der Waals surface area contributed by atoms with Gasteiger partial charge in [-0.1, -0.05) is 6.92 Å². The third kappa shape index (κ3) is 5.53. The molecular weight excluding hydrogens is 186 g/mol. The number of methoxy groups -OCH3 is 1. The Labute approximate surface area is 83.6 Å². The lowest BCUT2D eigenvalue weighted by Gasteiger charge is -2.17. The Bertz CT molecular complexity index is 205. The number of aliphatic carboxylic acids is 1. The fourth-order valence-corrected chi connectivity index (χ4v) is 1.02. The second kappa shape index (κ2) is 6.37. The monoisotopic (exact) mass is 203 g/mol. The molecule has 0 radical (unpaired) electrons. The van der Waals surface area contributed by atoms with Gasteiger partial charge in [0.15, 0.2) is 0 Å². The molecule has 0 aliphatic heterocycles. The molecule has 0 aromatic heterocycles. The van der Waals surface area contributed by atoms with Gasteiger partial charge in [-0.15, -0.1) is 0 Å². The van der Waals surface area contributed by atoms with Crippen molar-refractivity contribution in [1.82, 2.24) is 4.90 Å². The van der Waals surface area contributed by atoms with Crippen molar-refractivity contribution in [2.24, 2.45) is 5.92 Å². The maximum Gasteiger partial charge on any atom is 0.307 e. The van der Waals surface area contributed by atoms with Crippen molar-refractivity contribution < 1.29 is 19.4 Å². The summed E-state index contributed by atoms with van der Waals surface area (Å²) in [5.41, 5.74) is 0. The van der Waals surface area contributed by atoms with E-state index in [9.17, 15) is 9.59 Å². The van der Waals surface area contributed by atoms with Crippen LogP contribution in [0.15, 0.2) is 0 Å². The Morgan fingerprint density at radius 2 is 2.07 bits per heavy atom. The van der Waals surface area contributed by atoms with Crippen LogP contribution in [0.5, 0.6) is 0 Å². The van der Waals surface area contributed by atoms with E-state index in [1.807, 2.05) is 0 Å². The van der Waals surface area contributed by atoms with E-state index < -0.39 is 11.9 Å². The van der Waals surface area contributed by atoms with Crippen molar-refractivity contribution in [2.75, 3.05) is 27.2 Å². The molecule has 5 heteroatoms. The third-order valence-corrected chi connectivity index (χ3v) is 1.93. The summed E-state index contributed by atoms with van der Waals surface area (Å²) in [7, 11) is 3.12. The van der Waals surface area contributed by atoms with E-state index in [2.05, 4.69) is 4.74 Å². The van der Waals surface area contributed by atoms with Crippen molar-refractivity contribution in [2.45, 2.75) is 13.3 Å². The topological polar surface area (TPSA) is 66.8 Å². The molecule has 1 atom stereocenters. The summed E-state index contributed by atoms with van der Waals surface area (Å²) in [6.07, 6.45) is 0.291. The molecule has 1 N–H and O–H groups in total. The summed E-state index contributed by atoms with van der Waals surface area (Å²) in [5, 5.41) is 8.64. The number of rotatable bonds is 6. The minimum Gasteiger partial charge on any atom is -0.481 e. The average molecular weight is 203 g/mol. The Morgan fingerprint density at radius 3 is 2.50 bits per heavy atom. The molecule has 0 saturated heterocycles. The van der Waals surface area contributed by atoms with Crippen LogP contribution in [0.25, 0.3) is 0 Å². The quantitative estimate of drug-likeness (QED) is 0.625. The first-order valence-corrected chi connectivity index (χ1v) is 4.45. The van der Waals surface area contributed by atoms with Gasteiger partial charge in [-0.05, 0) is 7.05 Å². The number of carboxylic acids is 1. The fraction of sp³-hybridized carbons (Fsp3) is 0.778. The Hall–Kier alpha value is -1.10. The SMILES string of the molecule is COC(=O)CCN(C)CC(C)C(=O)O. The molecule has 5 nitrogen and oxygen atoms in total. The molecule has 0 aromatic carbocycles. The number of ether oxygens (including phenoxy) is 1. The van der Waals surface area contributed by atoms with Crippen LogP contribution in [-0.2, 0) is 14.3 Å². The number of hydrogen-bond donors (Lipinski definition) is 1. The first kappa shape index (κ1) is 12.9. The van der Waals surface area contributed by atoms with Crippen LogP contribution in [0, 0.1) is 5.92 Å². The molecule has 0 rings (SSSR count). The van der Waals surface area contributed by atoms with E-state index >= 15 is 0 Å². The molecule has 0 bridgehead atoms. The zero-order chi connectivity index (χ0) is 11.1. The largest absolute Gasteiger partial charge is 0.481 e. The molecule has 0 aromatic rings. The average Bonchev–Trinajstić information content (AvgIpc) is 2.13. The first-order valence-electron chi connectivity index (χ1n) is 4.45. The van der Waals surface area contributed by atoms with Crippen LogP contribution in [0.4, 0.5) is 0 Å².